The molecule has 0 fully saturated rings. The fourth-order valence-corrected chi connectivity index (χ4v) is 4.75. The second-order valence-corrected chi connectivity index (χ2v) is 10.0. The Morgan fingerprint density at radius 1 is 0.636 bits per heavy atom. The molecule has 33 heavy (non-hydrogen) atoms. The molecule has 2 atom stereocenters. The van der Waals surface area contributed by atoms with E-state index in [1.807, 2.05) is 13.8 Å². The van der Waals surface area contributed by atoms with Gasteiger partial charge in [0.15, 0.2) is 0 Å². The quantitative estimate of drug-likeness (QED) is 0.103. The van der Waals surface area contributed by atoms with E-state index in [0.717, 1.165) is 36.8 Å². The van der Waals surface area contributed by atoms with Crippen molar-refractivity contribution >= 4 is 11.9 Å². The lowest BCUT2D eigenvalue weighted by Crippen LogP contribution is -2.30. The molecular weight excluding hydrogens is 412 g/mol. The lowest BCUT2D eigenvalue weighted by Gasteiger charge is -2.19. The Labute approximate surface area is 204 Å². The van der Waals surface area contributed by atoms with Crippen LogP contribution in [0.15, 0.2) is 11.1 Å². The number of allylic oxidation sites excluding steroid dienone is 1. The first-order valence-corrected chi connectivity index (χ1v) is 14.0. The molecule has 0 aromatic rings. The third kappa shape index (κ3) is 12.6. The van der Waals surface area contributed by atoms with Crippen LogP contribution in [0.1, 0.15) is 137 Å². The van der Waals surface area contributed by atoms with Crippen LogP contribution in [0, 0.1) is 11.8 Å². The molecule has 0 spiro atoms. The predicted octanol–water partition coefficient (Wildman–Crippen LogP) is 8.33. The van der Waals surface area contributed by atoms with Gasteiger partial charge in [-0.1, -0.05) is 115 Å². The van der Waals surface area contributed by atoms with Crippen molar-refractivity contribution in [1.29, 1.82) is 0 Å². The van der Waals surface area contributed by atoms with Crippen LogP contribution in [0.3, 0.4) is 0 Å². The van der Waals surface area contributed by atoms with E-state index in [9.17, 15) is 9.59 Å². The SMILES string of the molecule is CCCCCCCCCCOC(=O)C1CC(C)=C(C)C1C(=O)OCCCCCCCCCC. The number of hydrogen-bond donors (Lipinski definition) is 0. The molecule has 0 radical (unpaired) electrons. The zero-order valence-corrected chi connectivity index (χ0v) is 22.2. The molecule has 0 bridgehead atoms. The first kappa shape index (κ1) is 29.7. The van der Waals surface area contributed by atoms with Crippen molar-refractivity contribution < 1.29 is 19.1 Å². The molecule has 2 unspecified atom stereocenters. The predicted molar refractivity (Wildman–Crippen MR) is 137 cm³/mol. The van der Waals surface area contributed by atoms with Gasteiger partial charge >= 0.3 is 11.9 Å². The minimum atomic E-state index is -0.467. The maximum absolute atomic E-state index is 12.8. The Hall–Kier alpha value is -1.32. The summed E-state index contributed by atoms with van der Waals surface area (Å²) in [6.45, 7) is 9.36. The number of unbranched alkanes of at least 4 members (excludes halogenated alkanes) is 14. The molecule has 1 aliphatic carbocycles. The number of rotatable bonds is 20. The molecule has 0 saturated heterocycles. The van der Waals surface area contributed by atoms with Crippen LogP contribution in [-0.2, 0) is 19.1 Å². The van der Waals surface area contributed by atoms with E-state index in [0.29, 0.717) is 19.6 Å². The van der Waals surface area contributed by atoms with E-state index < -0.39 is 11.8 Å². The van der Waals surface area contributed by atoms with Gasteiger partial charge in [-0.2, -0.15) is 0 Å². The van der Waals surface area contributed by atoms with Crippen molar-refractivity contribution in [3.05, 3.63) is 11.1 Å². The van der Waals surface area contributed by atoms with E-state index >= 15 is 0 Å². The largest absolute Gasteiger partial charge is 0.465 e. The highest BCUT2D eigenvalue weighted by Crippen LogP contribution is 2.38. The van der Waals surface area contributed by atoms with Gasteiger partial charge in [-0.3, -0.25) is 9.59 Å². The molecule has 0 amide bonds. The third-order valence-corrected chi connectivity index (χ3v) is 7.11. The zero-order valence-electron chi connectivity index (χ0n) is 22.2. The molecule has 192 valence electrons. The molecule has 0 aliphatic heterocycles. The first-order chi connectivity index (χ1) is 16.0. The van der Waals surface area contributed by atoms with E-state index in [1.54, 1.807) is 0 Å². The molecule has 0 aromatic carbocycles. The second kappa shape index (κ2) is 19.0. The molecular formula is C29H52O4. The van der Waals surface area contributed by atoms with E-state index in [-0.39, 0.29) is 11.9 Å². The lowest BCUT2D eigenvalue weighted by atomic mass is 9.92. The van der Waals surface area contributed by atoms with Crippen molar-refractivity contribution in [3.63, 3.8) is 0 Å². The Kier molecular flexibility index (Phi) is 17.1. The summed E-state index contributed by atoms with van der Waals surface area (Å²) in [6, 6.07) is 0. The van der Waals surface area contributed by atoms with Gasteiger partial charge in [0, 0.05) is 0 Å². The fraction of sp³-hybridized carbons (Fsp3) is 0.862. The fourth-order valence-electron chi connectivity index (χ4n) is 4.75. The number of carbonyl (C=O) groups is 2. The Morgan fingerprint density at radius 3 is 1.48 bits per heavy atom. The summed E-state index contributed by atoms with van der Waals surface area (Å²) in [5.74, 6) is -1.36. The molecule has 0 N–H and O–H groups in total. The van der Waals surface area contributed by atoms with Gasteiger partial charge in [-0.25, -0.2) is 0 Å². The minimum Gasteiger partial charge on any atom is -0.465 e. The molecule has 0 saturated carbocycles. The monoisotopic (exact) mass is 464 g/mol. The Balaban J connectivity index is 2.25. The van der Waals surface area contributed by atoms with Crippen molar-refractivity contribution in [2.75, 3.05) is 13.2 Å². The van der Waals surface area contributed by atoms with Crippen LogP contribution in [0.4, 0.5) is 0 Å². The summed E-state index contributed by atoms with van der Waals surface area (Å²) in [5, 5.41) is 0. The van der Waals surface area contributed by atoms with Gasteiger partial charge in [0.05, 0.1) is 25.0 Å². The van der Waals surface area contributed by atoms with Gasteiger partial charge in [-0.05, 0) is 33.1 Å². The van der Waals surface area contributed by atoms with Crippen molar-refractivity contribution in [2.45, 2.75) is 137 Å². The minimum absolute atomic E-state index is 0.233. The molecule has 0 aromatic heterocycles. The summed E-state index contributed by atoms with van der Waals surface area (Å²) < 4.78 is 11.2. The maximum atomic E-state index is 12.8. The molecule has 1 rings (SSSR count). The highest BCUT2D eigenvalue weighted by atomic mass is 16.5. The van der Waals surface area contributed by atoms with Crippen LogP contribution in [-0.4, -0.2) is 25.2 Å². The van der Waals surface area contributed by atoms with E-state index in [4.69, 9.17) is 9.47 Å². The highest BCUT2D eigenvalue weighted by molar-refractivity contribution is 5.86. The van der Waals surface area contributed by atoms with Crippen LogP contribution in [0.2, 0.25) is 0 Å². The molecule has 1 aliphatic rings. The van der Waals surface area contributed by atoms with Gasteiger partial charge in [0.25, 0.3) is 0 Å². The van der Waals surface area contributed by atoms with Crippen LogP contribution in [0.25, 0.3) is 0 Å². The van der Waals surface area contributed by atoms with Crippen LogP contribution >= 0.6 is 0 Å². The van der Waals surface area contributed by atoms with E-state index in [1.165, 1.54) is 77.0 Å². The first-order valence-electron chi connectivity index (χ1n) is 14.0. The van der Waals surface area contributed by atoms with Gasteiger partial charge in [-0.15, -0.1) is 0 Å². The normalized spacial score (nSPS) is 18.1. The average Bonchev–Trinajstić information content (AvgIpc) is 3.11. The van der Waals surface area contributed by atoms with Crippen LogP contribution < -0.4 is 0 Å². The number of hydrogen-bond acceptors (Lipinski definition) is 4. The van der Waals surface area contributed by atoms with Crippen molar-refractivity contribution in [3.8, 4) is 0 Å². The summed E-state index contributed by atoms with van der Waals surface area (Å²) >= 11 is 0. The highest BCUT2D eigenvalue weighted by Gasteiger charge is 2.42. The second-order valence-electron chi connectivity index (χ2n) is 10.0. The topological polar surface area (TPSA) is 52.6 Å². The zero-order chi connectivity index (χ0) is 24.3. The summed E-state index contributed by atoms with van der Waals surface area (Å²) in [7, 11) is 0. The number of esters is 2. The number of carbonyl (C=O) groups excluding carboxylic acids is 2. The summed E-state index contributed by atoms with van der Waals surface area (Å²) in [6.07, 6.45) is 20.1. The van der Waals surface area contributed by atoms with Crippen molar-refractivity contribution in [2.24, 2.45) is 11.8 Å². The van der Waals surface area contributed by atoms with Gasteiger partial charge in [0.1, 0.15) is 0 Å². The maximum Gasteiger partial charge on any atom is 0.313 e. The lowest BCUT2D eigenvalue weighted by molar-refractivity contribution is -0.158. The summed E-state index contributed by atoms with van der Waals surface area (Å²) in [4.78, 5) is 25.5. The Morgan fingerprint density at radius 2 is 1.03 bits per heavy atom. The van der Waals surface area contributed by atoms with Gasteiger partial charge in [0.2, 0.25) is 0 Å². The molecule has 4 heteroatoms. The van der Waals surface area contributed by atoms with Gasteiger partial charge < -0.3 is 9.47 Å². The summed E-state index contributed by atoms with van der Waals surface area (Å²) in [5.41, 5.74) is 2.11. The number of ether oxygens (including phenoxy) is 2. The third-order valence-electron chi connectivity index (χ3n) is 7.11. The van der Waals surface area contributed by atoms with Crippen LogP contribution in [0.5, 0.6) is 0 Å². The molecule has 0 heterocycles. The van der Waals surface area contributed by atoms with Crippen molar-refractivity contribution in [1.82, 2.24) is 0 Å². The Bertz CT molecular complexity index is 566. The smallest absolute Gasteiger partial charge is 0.313 e. The van der Waals surface area contributed by atoms with E-state index in [2.05, 4.69) is 13.8 Å². The average molecular weight is 465 g/mol. The molecule has 4 nitrogen and oxygen atoms in total. The standard InChI is InChI=1S/C29H52O4/c1-5-7-9-11-13-15-17-19-21-32-28(30)26-23-24(3)25(4)27(26)29(31)33-22-20-18-16-14-12-10-8-6-2/h26-27H,5-23H2,1-4H3.